The number of nitrogens with zero attached hydrogens (tertiary/aromatic N) is 4. The number of aromatic nitrogens is 4. The lowest BCUT2D eigenvalue weighted by molar-refractivity contribution is 0.0687. The van der Waals surface area contributed by atoms with Crippen molar-refractivity contribution >= 4 is 5.65 Å². The van der Waals surface area contributed by atoms with Crippen molar-refractivity contribution in [3.8, 4) is 11.1 Å². The van der Waals surface area contributed by atoms with Gasteiger partial charge in [0, 0.05) is 35.8 Å². The molecule has 0 saturated carbocycles. The van der Waals surface area contributed by atoms with Crippen LogP contribution in [0.1, 0.15) is 61.2 Å². The van der Waals surface area contributed by atoms with Gasteiger partial charge in [0.25, 0.3) is 0 Å². The van der Waals surface area contributed by atoms with Crippen LogP contribution >= 0.6 is 0 Å². The molecule has 152 valence electrons. The number of aliphatic hydroxyl groups is 1. The van der Waals surface area contributed by atoms with Crippen LogP contribution in [-0.4, -0.2) is 24.5 Å². The van der Waals surface area contributed by atoms with E-state index in [0.29, 0.717) is 11.9 Å². The van der Waals surface area contributed by atoms with E-state index in [4.69, 9.17) is 4.98 Å². The minimum Gasteiger partial charge on any atom is -0.382 e. The lowest BCUT2D eigenvalue weighted by Crippen LogP contribution is -2.19. The van der Waals surface area contributed by atoms with Crippen molar-refractivity contribution in [2.45, 2.75) is 45.4 Å². The fraction of sp³-hybridized carbons (Fsp3) is 0.292. The molecule has 2 atom stereocenters. The Balaban J connectivity index is 1.61. The van der Waals surface area contributed by atoms with Crippen molar-refractivity contribution in [2.24, 2.45) is 0 Å². The van der Waals surface area contributed by atoms with Crippen molar-refractivity contribution in [1.82, 2.24) is 24.7 Å². The molecule has 0 saturated heterocycles. The summed E-state index contributed by atoms with van der Waals surface area (Å²) in [5.74, 6) is 0.409. The highest BCUT2D eigenvalue weighted by Gasteiger charge is 2.31. The van der Waals surface area contributed by atoms with Crippen LogP contribution in [0.4, 0.5) is 0 Å². The molecule has 30 heavy (non-hydrogen) atoms. The molecule has 0 radical (unpaired) electrons. The van der Waals surface area contributed by atoms with Crippen LogP contribution in [0.2, 0.25) is 0 Å². The second kappa shape index (κ2) is 6.72. The van der Waals surface area contributed by atoms with Gasteiger partial charge in [-0.2, -0.15) is 0 Å². The van der Waals surface area contributed by atoms with Gasteiger partial charge in [0.15, 0.2) is 5.82 Å². The summed E-state index contributed by atoms with van der Waals surface area (Å²) >= 11 is 0. The van der Waals surface area contributed by atoms with Gasteiger partial charge in [-0.15, -0.1) is 0 Å². The molecule has 0 aliphatic carbocycles. The third-order valence-electron chi connectivity index (χ3n) is 5.84. The smallest absolute Gasteiger partial charge is 0.159 e. The maximum absolute atomic E-state index is 10.1. The maximum Gasteiger partial charge on any atom is 0.159 e. The van der Waals surface area contributed by atoms with E-state index in [1.54, 1.807) is 26.2 Å². The van der Waals surface area contributed by atoms with Crippen molar-refractivity contribution in [3.63, 3.8) is 0 Å². The van der Waals surface area contributed by atoms with Crippen LogP contribution in [0.3, 0.4) is 0 Å². The van der Waals surface area contributed by atoms with E-state index >= 15 is 0 Å². The number of benzene rings is 1. The Bertz CT molecular complexity index is 1240. The average Bonchev–Trinajstić information content (AvgIpc) is 3.23. The minimum atomic E-state index is -1.06. The van der Waals surface area contributed by atoms with Crippen LogP contribution in [0.15, 0.2) is 55.0 Å². The van der Waals surface area contributed by atoms with Gasteiger partial charge in [-0.1, -0.05) is 24.3 Å². The third kappa shape index (κ3) is 3.00. The second-order valence-corrected chi connectivity index (χ2v) is 8.53. The van der Waals surface area contributed by atoms with Gasteiger partial charge < -0.3 is 9.51 Å². The molecule has 0 spiro atoms. The minimum absolute atomic E-state index is 0.0928. The van der Waals surface area contributed by atoms with Crippen LogP contribution in [0.25, 0.3) is 16.8 Å². The molecular formula is C24H25N5O. The highest BCUT2D eigenvalue weighted by molar-refractivity contribution is 5.64. The summed E-state index contributed by atoms with van der Waals surface area (Å²) in [6, 6.07) is 13.0. The standard InChI is InChI=1S/C24H25N5O/c1-14-18-7-5-6-8-19(18)21(28-14)22-15(2)27-20-10-9-16(13-29(20)22)17-11-25-23(26-12-17)24(3,4)30/h5-14,21,28,30H,1-4H3/t14-,21+/m0/s1. The predicted molar refractivity (Wildman–Crippen MR) is 116 cm³/mol. The zero-order chi connectivity index (χ0) is 21.0. The first-order valence-electron chi connectivity index (χ1n) is 10.2. The monoisotopic (exact) mass is 399 g/mol. The van der Waals surface area contributed by atoms with Crippen LogP contribution < -0.4 is 5.32 Å². The van der Waals surface area contributed by atoms with Gasteiger partial charge in [0.1, 0.15) is 11.2 Å². The number of nitrogens with one attached hydrogen (secondary N) is 1. The summed E-state index contributed by atoms with van der Waals surface area (Å²) in [7, 11) is 0. The summed E-state index contributed by atoms with van der Waals surface area (Å²) in [5.41, 5.74) is 6.56. The fourth-order valence-electron chi connectivity index (χ4n) is 4.32. The largest absolute Gasteiger partial charge is 0.382 e. The Labute approximate surface area is 175 Å². The number of rotatable bonds is 3. The van der Waals surface area contributed by atoms with E-state index in [0.717, 1.165) is 28.2 Å². The molecule has 0 bridgehead atoms. The van der Waals surface area contributed by atoms with E-state index in [9.17, 15) is 5.11 Å². The summed E-state index contributed by atoms with van der Waals surface area (Å²) in [4.78, 5) is 13.5. The first-order chi connectivity index (χ1) is 14.3. The summed E-state index contributed by atoms with van der Waals surface area (Å²) in [6.07, 6.45) is 5.62. The molecular weight excluding hydrogens is 374 g/mol. The SMILES string of the molecule is Cc1nc2ccc(-c3cnc(C(C)(C)O)nc3)cn2c1[C@@H]1N[C@@H](C)c2ccccc21. The molecule has 0 unspecified atom stereocenters. The summed E-state index contributed by atoms with van der Waals surface area (Å²) in [6.45, 7) is 7.63. The van der Waals surface area contributed by atoms with E-state index < -0.39 is 5.60 Å². The lowest BCUT2D eigenvalue weighted by Gasteiger charge is -2.16. The molecule has 4 aromatic rings. The first kappa shape index (κ1) is 18.9. The van der Waals surface area contributed by atoms with Gasteiger partial charge in [0.2, 0.25) is 0 Å². The Morgan fingerprint density at radius 1 is 1.00 bits per heavy atom. The molecule has 1 aromatic carbocycles. The summed E-state index contributed by atoms with van der Waals surface area (Å²) < 4.78 is 2.17. The van der Waals surface area contributed by atoms with Gasteiger partial charge in [-0.3, -0.25) is 5.32 Å². The molecule has 5 rings (SSSR count). The molecule has 0 amide bonds. The normalized spacial score (nSPS) is 18.7. The molecule has 3 aromatic heterocycles. The fourth-order valence-corrected chi connectivity index (χ4v) is 4.32. The molecule has 4 heterocycles. The van der Waals surface area contributed by atoms with E-state index in [1.807, 2.05) is 12.1 Å². The van der Waals surface area contributed by atoms with E-state index in [-0.39, 0.29) is 6.04 Å². The number of hydrogen-bond acceptors (Lipinski definition) is 5. The lowest BCUT2D eigenvalue weighted by atomic mass is 10.00. The van der Waals surface area contributed by atoms with Gasteiger partial charge in [-0.25, -0.2) is 15.0 Å². The number of aryl methyl sites for hydroxylation is 1. The number of pyridine rings is 1. The molecule has 2 N–H and O–H groups in total. The molecule has 6 nitrogen and oxygen atoms in total. The highest BCUT2D eigenvalue weighted by Crippen LogP contribution is 2.38. The Morgan fingerprint density at radius 3 is 2.40 bits per heavy atom. The Kier molecular flexibility index (Phi) is 4.24. The van der Waals surface area contributed by atoms with Crippen LogP contribution in [0, 0.1) is 6.92 Å². The number of imidazole rings is 1. The second-order valence-electron chi connectivity index (χ2n) is 8.53. The molecule has 1 aliphatic rings. The maximum atomic E-state index is 10.1. The Hall–Kier alpha value is -3.09. The average molecular weight is 399 g/mol. The van der Waals surface area contributed by atoms with E-state index in [2.05, 4.69) is 64.0 Å². The number of fused-ring (bicyclic) bond motifs is 2. The Morgan fingerprint density at radius 2 is 1.70 bits per heavy atom. The zero-order valence-electron chi connectivity index (χ0n) is 17.6. The molecule has 6 heteroatoms. The van der Waals surface area contributed by atoms with Gasteiger partial charge >= 0.3 is 0 Å². The highest BCUT2D eigenvalue weighted by atomic mass is 16.3. The zero-order valence-corrected chi connectivity index (χ0v) is 17.6. The van der Waals surface area contributed by atoms with Crippen molar-refractivity contribution < 1.29 is 5.11 Å². The van der Waals surface area contributed by atoms with E-state index in [1.165, 1.54) is 11.1 Å². The van der Waals surface area contributed by atoms with Gasteiger partial charge in [0.05, 0.1) is 17.4 Å². The molecule has 0 fully saturated rings. The topological polar surface area (TPSA) is 75.3 Å². The first-order valence-corrected chi connectivity index (χ1v) is 10.2. The summed E-state index contributed by atoms with van der Waals surface area (Å²) in [5, 5.41) is 13.8. The number of hydrogen-bond donors (Lipinski definition) is 2. The predicted octanol–water partition coefficient (Wildman–Crippen LogP) is 4.08. The quantitative estimate of drug-likeness (QED) is 0.543. The van der Waals surface area contributed by atoms with Crippen LogP contribution in [-0.2, 0) is 5.60 Å². The van der Waals surface area contributed by atoms with Crippen LogP contribution in [0.5, 0.6) is 0 Å². The van der Waals surface area contributed by atoms with Gasteiger partial charge in [-0.05, 0) is 51.0 Å². The third-order valence-corrected chi connectivity index (χ3v) is 5.84. The van der Waals surface area contributed by atoms with Crippen molar-refractivity contribution in [2.75, 3.05) is 0 Å². The molecule has 1 aliphatic heterocycles. The van der Waals surface area contributed by atoms with Crippen molar-refractivity contribution in [1.29, 1.82) is 0 Å². The van der Waals surface area contributed by atoms with Crippen molar-refractivity contribution in [3.05, 3.63) is 83.3 Å².